The van der Waals surface area contributed by atoms with Gasteiger partial charge in [-0.15, -0.1) is 0 Å². The fourth-order valence-corrected chi connectivity index (χ4v) is 2.63. The van der Waals surface area contributed by atoms with Crippen molar-refractivity contribution >= 4 is 16.8 Å². The van der Waals surface area contributed by atoms with Crippen LogP contribution >= 0.6 is 11.6 Å². The number of hydrogen-bond donors (Lipinski definition) is 0. The van der Waals surface area contributed by atoms with Crippen LogP contribution in [0.2, 0.25) is 0 Å². The third-order valence-electron chi connectivity index (χ3n) is 3.60. The van der Waals surface area contributed by atoms with E-state index in [0.29, 0.717) is 5.56 Å². The lowest BCUT2D eigenvalue weighted by molar-refractivity contribution is 0.108. The minimum atomic E-state index is -0.427. The van der Waals surface area contributed by atoms with Gasteiger partial charge in [0.25, 0.3) is 5.24 Å². The molecule has 0 aliphatic heterocycles. The van der Waals surface area contributed by atoms with Crippen molar-refractivity contribution in [2.75, 3.05) is 6.61 Å². The summed E-state index contributed by atoms with van der Waals surface area (Å²) in [4.78, 5) is 10.9. The second-order valence-corrected chi connectivity index (χ2v) is 5.28. The molecule has 3 heteroatoms. The Morgan fingerprint density at radius 2 is 1.83 bits per heavy atom. The molecule has 1 aromatic carbocycles. The first-order valence-electron chi connectivity index (χ1n) is 6.68. The number of ether oxygens (including phenoxy) is 1. The molecule has 2 rings (SSSR count). The summed E-state index contributed by atoms with van der Waals surface area (Å²) in [6, 6.07) is 7.00. The van der Waals surface area contributed by atoms with Crippen molar-refractivity contribution in [1.29, 1.82) is 0 Å². The maximum absolute atomic E-state index is 10.9. The summed E-state index contributed by atoms with van der Waals surface area (Å²) in [5.74, 6) is 1.65. The van der Waals surface area contributed by atoms with Gasteiger partial charge in [-0.25, -0.2) is 0 Å². The highest BCUT2D eigenvalue weighted by molar-refractivity contribution is 6.67. The van der Waals surface area contributed by atoms with Gasteiger partial charge in [0, 0.05) is 5.56 Å². The van der Waals surface area contributed by atoms with Crippen LogP contribution in [0.1, 0.15) is 48.9 Å². The van der Waals surface area contributed by atoms with Crippen LogP contribution in [0.4, 0.5) is 0 Å². The summed E-state index contributed by atoms with van der Waals surface area (Å²) in [6.07, 6.45) is 7.97. The SMILES string of the molecule is O=C(Cl)c1ccc(OCCC2CCCCC2)cc1. The molecule has 0 amide bonds. The third kappa shape index (κ3) is 4.02. The number of carbonyl (C=O) groups is 1. The van der Waals surface area contributed by atoms with Crippen LogP contribution in [0.5, 0.6) is 5.75 Å². The van der Waals surface area contributed by atoms with E-state index in [1.54, 1.807) is 24.3 Å². The quantitative estimate of drug-likeness (QED) is 0.738. The summed E-state index contributed by atoms with van der Waals surface area (Å²) in [7, 11) is 0. The van der Waals surface area contributed by atoms with Crippen molar-refractivity contribution < 1.29 is 9.53 Å². The largest absolute Gasteiger partial charge is 0.494 e. The molecule has 1 aliphatic rings. The normalized spacial score (nSPS) is 16.5. The molecular formula is C15H19ClO2. The van der Waals surface area contributed by atoms with E-state index in [9.17, 15) is 4.79 Å². The minimum absolute atomic E-state index is 0.427. The van der Waals surface area contributed by atoms with Gasteiger partial charge in [-0.1, -0.05) is 32.1 Å². The van der Waals surface area contributed by atoms with E-state index in [1.165, 1.54) is 32.1 Å². The van der Waals surface area contributed by atoms with Gasteiger partial charge >= 0.3 is 0 Å². The first kappa shape index (κ1) is 13.4. The summed E-state index contributed by atoms with van der Waals surface area (Å²) >= 11 is 5.38. The van der Waals surface area contributed by atoms with E-state index in [4.69, 9.17) is 16.3 Å². The zero-order chi connectivity index (χ0) is 12.8. The van der Waals surface area contributed by atoms with Crippen LogP contribution in [-0.4, -0.2) is 11.8 Å². The molecule has 0 N–H and O–H groups in total. The van der Waals surface area contributed by atoms with Gasteiger partial charge < -0.3 is 4.74 Å². The second-order valence-electron chi connectivity index (χ2n) is 4.94. The van der Waals surface area contributed by atoms with Gasteiger partial charge in [0.2, 0.25) is 0 Å². The molecule has 2 nitrogen and oxygen atoms in total. The van der Waals surface area contributed by atoms with Crippen LogP contribution in [0, 0.1) is 5.92 Å². The van der Waals surface area contributed by atoms with E-state index in [2.05, 4.69) is 0 Å². The van der Waals surface area contributed by atoms with Crippen molar-refractivity contribution in [1.82, 2.24) is 0 Å². The first-order valence-corrected chi connectivity index (χ1v) is 7.06. The Hall–Kier alpha value is -1.02. The number of halogens is 1. The number of benzene rings is 1. The van der Waals surface area contributed by atoms with Gasteiger partial charge in [0.15, 0.2) is 0 Å². The average molecular weight is 267 g/mol. The molecule has 1 fully saturated rings. The van der Waals surface area contributed by atoms with Gasteiger partial charge in [-0.2, -0.15) is 0 Å². The standard InChI is InChI=1S/C15H19ClO2/c16-15(17)13-6-8-14(9-7-13)18-11-10-12-4-2-1-3-5-12/h6-9,12H,1-5,10-11H2. The molecule has 0 bridgehead atoms. The highest BCUT2D eigenvalue weighted by Gasteiger charge is 2.13. The lowest BCUT2D eigenvalue weighted by Crippen LogP contribution is -2.10. The Morgan fingerprint density at radius 1 is 1.17 bits per heavy atom. The zero-order valence-corrected chi connectivity index (χ0v) is 11.3. The van der Waals surface area contributed by atoms with Crippen molar-refractivity contribution in [3.63, 3.8) is 0 Å². The van der Waals surface area contributed by atoms with Gasteiger partial charge in [0.1, 0.15) is 5.75 Å². The first-order chi connectivity index (χ1) is 8.75. The molecule has 0 spiro atoms. The summed E-state index contributed by atoms with van der Waals surface area (Å²) in [6.45, 7) is 0.763. The Kier molecular flexibility index (Phi) is 5.06. The Bertz CT molecular complexity index is 380. The van der Waals surface area contributed by atoms with Gasteiger partial charge in [-0.05, 0) is 48.2 Å². The number of carbonyl (C=O) groups excluding carboxylic acids is 1. The molecule has 0 atom stereocenters. The van der Waals surface area contributed by atoms with E-state index < -0.39 is 5.24 Å². The van der Waals surface area contributed by atoms with E-state index in [1.807, 2.05) is 0 Å². The Balaban J connectivity index is 1.74. The predicted molar refractivity (Wildman–Crippen MR) is 73.3 cm³/mol. The predicted octanol–water partition coefficient (Wildman–Crippen LogP) is 4.41. The highest BCUT2D eigenvalue weighted by atomic mass is 35.5. The van der Waals surface area contributed by atoms with Crippen molar-refractivity contribution in [3.05, 3.63) is 29.8 Å². The summed E-state index contributed by atoms with van der Waals surface area (Å²) < 4.78 is 5.69. The molecule has 18 heavy (non-hydrogen) atoms. The molecular weight excluding hydrogens is 248 g/mol. The average Bonchev–Trinajstić information content (AvgIpc) is 2.40. The maximum atomic E-state index is 10.9. The van der Waals surface area contributed by atoms with E-state index in [-0.39, 0.29) is 0 Å². The van der Waals surface area contributed by atoms with Crippen molar-refractivity contribution in [3.8, 4) is 5.75 Å². The number of rotatable bonds is 5. The monoisotopic (exact) mass is 266 g/mol. The lowest BCUT2D eigenvalue weighted by atomic mass is 9.87. The molecule has 0 heterocycles. The maximum Gasteiger partial charge on any atom is 0.252 e. The van der Waals surface area contributed by atoms with Crippen LogP contribution in [0.3, 0.4) is 0 Å². The van der Waals surface area contributed by atoms with Crippen LogP contribution in [0.25, 0.3) is 0 Å². The fourth-order valence-electron chi connectivity index (χ4n) is 2.50. The fraction of sp³-hybridized carbons (Fsp3) is 0.533. The lowest BCUT2D eigenvalue weighted by Gasteiger charge is -2.21. The molecule has 1 aromatic rings. The second kappa shape index (κ2) is 6.79. The number of hydrogen-bond acceptors (Lipinski definition) is 2. The third-order valence-corrected chi connectivity index (χ3v) is 3.82. The summed E-state index contributed by atoms with van der Waals surface area (Å²) in [5, 5.41) is -0.427. The molecule has 1 saturated carbocycles. The molecule has 0 unspecified atom stereocenters. The molecule has 0 saturated heterocycles. The van der Waals surface area contributed by atoms with Gasteiger partial charge in [0.05, 0.1) is 6.61 Å². The van der Waals surface area contributed by atoms with E-state index >= 15 is 0 Å². The molecule has 0 aromatic heterocycles. The Morgan fingerprint density at radius 3 is 2.44 bits per heavy atom. The molecule has 1 aliphatic carbocycles. The van der Waals surface area contributed by atoms with Crippen molar-refractivity contribution in [2.24, 2.45) is 5.92 Å². The molecule has 98 valence electrons. The van der Waals surface area contributed by atoms with Crippen molar-refractivity contribution in [2.45, 2.75) is 38.5 Å². The molecule has 0 radical (unpaired) electrons. The topological polar surface area (TPSA) is 26.3 Å². The minimum Gasteiger partial charge on any atom is -0.494 e. The highest BCUT2D eigenvalue weighted by Crippen LogP contribution is 2.26. The van der Waals surface area contributed by atoms with Crippen LogP contribution in [-0.2, 0) is 0 Å². The smallest absolute Gasteiger partial charge is 0.252 e. The zero-order valence-electron chi connectivity index (χ0n) is 10.5. The Labute approximate surface area is 113 Å². The van der Waals surface area contributed by atoms with Crippen LogP contribution < -0.4 is 4.74 Å². The van der Waals surface area contributed by atoms with Crippen LogP contribution in [0.15, 0.2) is 24.3 Å². The van der Waals surface area contributed by atoms with E-state index in [0.717, 1.165) is 24.7 Å². The van der Waals surface area contributed by atoms with Gasteiger partial charge in [-0.3, -0.25) is 4.79 Å². The summed E-state index contributed by atoms with van der Waals surface area (Å²) in [5.41, 5.74) is 0.510.